The fraction of sp³-hybridized carbons (Fsp3) is 0.0606. The summed E-state index contributed by atoms with van der Waals surface area (Å²) in [5.41, 5.74) is 14.7. The second-order valence-electron chi connectivity index (χ2n) is 19.1. The van der Waals surface area contributed by atoms with Gasteiger partial charge in [-0.1, -0.05) is 97.1 Å². The fourth-order valence-electron chi connectivity index (χ4n) is 11.9. The predicted molar refractivity (Wildman–Crippen MR) is 303 cm³/mol. The van der Waals surface area contributed by atoms with E-state index in [4.69, 9.17) is 8.83 Å². The molecule has 0 radical (unpaired) electrons. The summed E-state index contributed by atoms with van der Waals surface area (Å²) in [6, 6.07) is 79.3. The van der Waals surface area contributed by atoms with Crippen molar-refractivity contribution in [3.63, 3.8) is 0 Å². The molecule has 0 saturated carbocycles. The SMILES string of the molecule is CCn1c2ccccc2c2ccc(N(c3ccccc3)c3ccc4cc5c(cc4c3)oc3c5ccc4c5cc6ccc(N(c7ccccc7)c7ccc8c9ccccc9n(CC)c8c7)cc6cc5oc43)cc21. The number of aromatic nitrogens is 2. The molecule has 0 atom stereocenters. The van der Waals surface area contributed by atoms with Crippen LogP contribution < -0.4 is 9.80 Å². The minimum absolute atomic E-state index is 0.764. The van der Waals surface area contributed by atoms with E-state index < -0.39 is 0 Å². The van der Waals surface area contributed by atoms with E-state index in [1.54, 1.807) is 0 Å². The molecule has 15 aromatic rings. The van der Waals surface area contributed by atoms with Gasteiger partial charge in [0.1, 0.15) is 11.2 Å². The number of hydrogen-bond acceptors (Lipinski definition) is 4. The first kappa shape index (κ1) is 40.6. The van der Waals surface area contributed by atoms with Crippen LogP contribution in [-0.2, 0) is 13.1 Å². The van der Waals surface area contributed by atoms with Crippen molar-refractivity contribution in [3.05, 3.63) is 218 Å². The van der Waals surface area contributed by atoms with E-state index in [1.165, 1.54) is 43.6 Å². The quantitative estimate of drug-likeness (QED) is 0.152. The average molecular weight is 927 g/mol. The second-order valence-corrected chi connectivity index (χ2v) is 19.1. The number of furan rings is 2. The minimum atomic E-state index is 0.764. The zero-order valence-electron chi connectivity index (χ0n) is 39.8. The molecule has 4 heterocycles. The Hall–Kier alpha value is -9.26. The maximum Gasteiger partial charge on any atom is 0.178 e. The summed E-state index contributed by atoms with van der Waals surface area (Å²) in [5, 5.41) is 13.8. The third kappa shape index (κ3) is 6.02. The number of nitrogens with zero attached hydrogens (tertiary/aromatic N) is 4. The minimum Gasteiger partial charge on any atom is -0.452 e. The highest BCUT2D eigenvalue weighted by Gasteiger charge is 2.22. The van der Waals surface area contributed by atoms with Crippen LogP contribution in [0.4, 0.5) is 34.1 Å². The monoisotopic (exact) mass is 926 g/mol. The molecule has 0 aliphatic heterocycles. The van der Waals surface area contributed by atoms with Crippen molar-refractivity contribution in [1.82, 2.24) is 9.13 Å². The number of rotatable bonds is 8. The molecule has 0 unspecified atom stereocenters. The van der Waals surface area contributed by atoms with E-state index in [0.29, 0.717) is 0 Å². The van der Waals surface area contributed by atoms with E-state index in [1.807, 2.05) is 0 Å². The lowest BCUT2D eigenvalue weighted by Crippen LogP contribution is -2.10. The molecule has 0 amide bonds. The smallest absolute Gasteiger partial charge is 0.178 e. The lowest BCUT2D eigenvalue weighted by Gasteiger charge is -2.26. The van der Waals surface area contributed by atoms with Gasteiger partial charge in [0.05, 0.1) is 11.0 Å². The van der Waals surface area contributed by atoms with E-state index in [9.17, 15) is 0 Å². The molecule has 0 bridgehead atoms. The first-order chi connectivity index (χ1) is 35.6. The number of benzene rings is 11. The van der Waals surface area contributed by atoms with Gasteiger partial charge in [-0.2, -0.15) is 0 Å². The van der Waals surface area contributed by atoms with Gasteiger partial charge in [-0.25, -0.2) is 0 Å². The maximum absolute atomic E-state index is 6.87. The van der Waals surface area contributed by atoms with Crippen molar-refractivity contribution >= 4 is 143 Å². The highest BCUT2D eigenvalue weighted by molar-refractivity contribution is 6.22. The Morgan fingerprint density at radius 3 is 1.11 bits per heavy atom. The number of fused-ring (bicyclic) bond motifs is 15. The molecule has 0 saturated heterocycles. The molecule has 11 aromatic carbocycles. The lowest BCUT2D eigenvalue weighted by atomic mass is 10.0. The topological polar surface area (TPSA) is 42.6 Å². The Kier molecular flexibility index (Phi) is 8.81. The van der Waals surface area contributed by atoms with Gasteiger partial charge in [0.15, 0.2) is 11.2 Å². The summed E-state index contributed by atoms with van der Waals surface area (Å²) in [4.78, 5) is 4.71. The number of para-hydroxylation sites is 4. The van der Waals surface area contributed by atoms with Crippen molar-refractivity contribution in [2.24, 2.45) is 0 Å². The first-order valence-electron chi connectivity index (χ1n) is 25.0. The summed E-state index contributed by atoms with van der Waals surface area (Å²) in [5.74, 6) is 0. The van der Waals surface area contributed by atoms with Crippen LogP contribution in [0.15, 0.2) is 227 Å². The number of anilines is 6. The van der Waals surface area contributed by atoms with E-state index >= 15 is 0 Å². The normalized spacial score (nSPS) is 12.1. The second kappa shape index (κ2) is 15.6. The standard InChI is InChI=1S/C66H46N4O2/c1-3-67-59-21-13-11-19-51(59)53-29-27-49(39-61(53)67)69(45-15-7-5-8-16-45)47-25-23-41-35-57-55-31-32-56-58-36-42-24-26-48(34-44(42)38-64(58)72-66(56)65(55)71-63(57)37-43(41)33-47)70(46-17-9-6-10-18-46)50-28-30-54-52-20-12-14-22-60(52)68(4-2)62(54)40-50/h5-40H,3-4H2,1-2H3. The zero-order chi connectivity index (χ0) is 47.6. The van der Waals surface area contributed by atoms with Gasteiger partial charge in [0, 0.05) is 101 Å². The largest absolute Gasteiger partial charge is 0.452 e. The van der Waals surface area contributed by atoms with Gasteiger partial charge in [-0.15, -0.1) is 0 Å². The van der Waals surface area contributed by atoms with Crippen molar-refractivity contribution in [2.75, 3.05) is 9.80 Å². The predicted octanol–water partition coefficient (Wildman–Crippen LogP) is 19.0. The third-order valence-corrected chi connectivity index (χ3v) is 15.2. The van der Waals surface area contributed by atoms with Gasteiger partial charge in [0.2, 0.25) is 0 Å². The van der Waals surface area contributed by atoms with Crippen LogP contribution in [-0.4, -0.2) is 9.13 Å². The molecule has 72 heavy (non-hydrogen) atoms. The molecule has 4 aromatic heterocycles. The summed E-state index contributed by atoms with van der Waals surface area (Å²) in [6.07, 6.45) is 0. The summed E-state index contributed by atoms with van der Waals surface area (Å²) < 4.78 is 18.6. The van der Waals surface area contributed by atoms with Gasteiger partial charge in [-0.3, -0.25) is 0 Å². The van der Waals surface area contributed by atoms with Gasteiger partial charge in [0.25, 0.3) is 0 Å². The molecule has 0 spiro atoms. The molecule has 0 aliphatic carbocycles. The first-order valence-corrected chi connectivity index (χ1v) is 25.0. The molecule has 342 valence electrons. The lowest BCUT2D eigenvalue weighted by molar-refractivity contribution is 0.634. The van der Waals surface area contributed by atoms with Crippen LogP contribution in [0.3, 0.4) is 0 Å². The van der Waals surface area contributed by atoms with Crippen molar-refractivity contribution in [2.45, 2.75) is 26.9 Å². The summed E-state index contributed by atoms with van der Waals surface area (Å²) >= 11 is 0. The highest BCUT2D eigenvalue weighted by Crippen LogP contribution is 2.45. The van der Waals surface area contributed by atoms with Crippen molar-refractivity contribution < 1.29 is 8.83 Å². The van der Waals surface area contributed by atoms with E-state index in [2.05, 4.69) is 251 Å². The van der Waals surface area contributed by atoms with Crippen molar-refractivity contribution in [3.8, 4) is 0 Å². The van der Waals surface area contributed by atoms with Gasteiger partial charge < -0.3 is 27.8 Å². The summed E-state index contributed by atoms with van der Waals surface area (Å²) in [6.45, 7) is 6.22. The molecule has 0 aliphatic rings. The van der Waals surface area contributed by atoms with Crippen LogP contribution in [0.25, 0.3) is 109 Å². The Balaban J connectivity index is 0.836. The molecular weight excluding hydrogens is 881 g/mol. The Labute approximate surface area is 414 Å². The molecule has 15 rings (SSSR count). The van der Waals surface area contributed by atoms with Crippen molar-refractivity contribution in [1.29, 1.82) is 0 Å². The number of hydrogen-bond donors (Lipinski definition) is 0. The van der Waals surface area contributed by atoms with E-state index in [-0.39, 0.29) is 0 Å². The Bertz CT molecular complexity index is 4370. The summed E-state index contributed by atoms with van der Waals surface area (Å²) in [7, 11) is 0. The third-order valence-electron chi connectivity index (χ3n) is 15.2. The molecule has 6 nitrogen and oxygen atoms in total. The fourth-order valence-corrected chi connectivity index (χ4v) is 11.9. The van der Waals surface area contributed by atoms with Crippen LogP contribution in [0.2, 0.25) is 0 Å². The van der Waals surface area contributed by atoms with Crippen LogP contribution in [0, 0.1) is 0 Å². The van der Waals surface area contributed by atoms with Gasteiger partial charge >= 0.3 is 0 Å². The van der Waals surface area contributed by atoms with Crippen LogP contribution in [0.1, 0.15) is 13.8 Å². The zero-order valence-corrected chi connectivity index (χ0v) is 39.8. The Morgan fingerprint density at radius 2 is 0.667 bits per heavy atom. The van der Waals surface area contributed by atoms with E-state index in [0.717, 1.165) is 113 Å². The molecule has 0 fully saturated rings. The van der Waals surface area contributed by atoms with Crippen LogP contribution >= 0.6 is 0 Å². The average Bonchev–Trinajstić information content (AvgIpc) is 4.17. The highest BCUT2D eigenvalue weighted by atomic mass is 16.4. The molecule has 6 heteroatoms. The van der Waals surface area contributed by atoms with Gasteiger partial charge in [-0.05, 0) is 157 Å². The van der Waals surface area contributed by atoms with Crippen LogP contribution in [0.5, 0.6) is 0 Å². The number of aryl methyl sites for hydroxylation is 2. The Morgan fingerprint density at radius 1 is 0.292 bits per heavy atom. The molecule has 0 N–H and O–H groups in total. The molecular formula is C66H46N4O2. The maximum atomic E-state index is 6.87.